The van der Waals surface area contributed by atoms with Crippen molar-refractivity contribution in [3.8, 4) is 5.88 Å². The number of aromatic nitrogens is 2. The van der Waals surface area contributed by atoms with Gasteiger partial charge in [0.2, 0.25) is 11.8 Å². The first-order valence-electron chi connectivity index (χ1n) is 5.60. The van der Waals surface area contributed by atoms with Crippen molar-refractivity contribution < 1.29 is 14.6 Å². The fourth-order valence-electron chi connectivity index (χ4n) is 1.33. The number of anilines is 1. The predicted molar refractivity (Wildman–Crippen MR) is 67.8 cm³/mol. The molecule has 0 aliphatic carbocycles. The van der Waals surface area contributed by atoms with Gasteiger partial charge >= 0.3 is 5.97 Å². The van der Waals surface area contributed by atoms with Crippen LogP contribution < -0.4 is 9.64 Å². The first kappa shape index (κ1) is 14.0. The zero-order valence-electron chi connectivity index (χ0n) is 10.5. The summed E-state index contributed by atoms with van der Waals surface area (Å²) in [5, 5.41) is 8.82. The Morgan fingerprint density at radius 2 is 2.39 bits per heavy atom. The van der Waals surface area contributed by atoms with Crippen molar-refractivity contribution in [2.24, 2.45) is 0 Å². The van der Waals surface area contributed by atoms with E-state index in [1.54, 1.807) is 12.1 Å². The predicted octanol–water partition coefficient (Wildman–Crippen LogP) is 1.34. The van der Waals surface area contributed by atoms with E-state index >= 15 is 0 Å². The van der Waals surface area contributed by atoms with Gasteiger partial charge in [0.15, 0.2) is 0 Å². The van der Waals surface area contributed by atoms with Gasteiger partial charge in [-0.2, -0.15) is 4.98 Å². The maximum absolute atomic E-state index is 10.8. The van der Waals surface area contributed by atoms with E-state index in [0.717, 1.165) is 0 Å². The molecule has 6 nitrogen and oxygen atoms in total. The summed E-state index contributed by atoms with van der Waals surface area (Å²) in [6.45, 7) is 7.54. The first-order valence-corrected chi connectivity index (χ1v) is 5.60. The zero-order chi connectivity index (χ0) is 13.5. The van der Waals surface area contributed by atoms with Gasteiger partial charge in [-0.15, -0.1) is 6.58 Å². The van der Waals surface area contributed by atoms with Crippen molar-refractivity contribution in [2.45, 2.75) is 20.0 Å². The number of carboxylic acid groups (broad SMARTS) is 1. The van der Waals surface area contributed by atoms with E-state index in [-0.39, 0.29) is 12.6 Å². The van der Waals surface area contributed by atoms with Crippen LogP contribution in [0.25, 0.3) is 0 Å². The molecule has 18 heavy (non-hydrogen) atoms. The fourth-order valence-corrected chi connectivity index (χ4v) is 1.33. The highest BCUT2D eigenvalue weighted by molar-refractivity contribution is 5.72. The Morgan fingerprint density at radius 3 is 2.94 bits per heavy atom. The molecule has 0 aliphatic heterocycles. The molecule has 1 N–H and O–H groups in total. The fraction of sp³-hybridized carbons (Fsp3) is 0.417. The second-order valence-corrected chi connectivity index (χ2v) is 3.92. The standard InChI is InChI=1S/C12H17N3O3/c1-4-7-15(8-11(16)17)12-13-6-5-10(14-12)18-9(2)3/h4-6,9H,1,7-8H2,2-3H3,(H,16,17). The van der Waals surface area contributed by atoms with Crippen molar-refractivity contribution in [3.63, 3.8) is 0 Å². The van der Waals surface area contributed by atoms with Crippen LogP contribution in [0.15, 0.2) is 24.9 Å². The van der Waals surface area contributed by atoms with E-state index in [0.29, 0.717) is 18.4 Å². The van der Waals surface area contributed by atoms with E-state index in [4.69, 9.17) is 9.84 Å². The molecule has 0 unspecified atom stereocenters. The van der Waals surface area contributed by atoms with Gasteiger partial charge in [0, 0.05) is 18.8 Å². The molecule has 0 bridgehead atoms. The molecule has 0 aromatic carbocycles. The quantitative estimate of drug-likeness (QED) is 0.737. The Balaban J connectivity index is 2.89. The summed E-state index contributed by atoms with van der Waals surface area (Å²) in [6, 6.07) is 1.64. The summed E-state index contributed by atoms with van der Waals surface area (Å²) in [6.07, 6.45) is 3.14. The molecule has 0 saturated heterocycles. The Morgan fingerprint density at radius 1 is 1.67 bits per heavy atom. The van der Waals surface area contributed by atoms with Crippen molar-refractivity contribution in [1.82, 2.24) is 9.97 Å². The molecular formula is C12H17N3O3. The highest BCUT2D eigenvalue weighted by Crippen LogP contribution is 2.13. The Bertz CT molecular complexity index is 421. The van der Waals surface area contributed by atoms with Gasteiger partial charge in [0.05, 0.1) is 6.10 Å². The highest BCUT2D eigenvalue weighted by Gasteiger charge is 2.13. The van der Waals surface area contributed by atoms with E-state index in [1.807, 2.05) is 13.8 Å². The van der Waals surface area contributed by atoms with Crippen LogP contribution >= 0.6 is 0 Å². The number of nitrogens with zero attached hydrogens (tertiary/aromatic N) is 3. The number of hydrogen-bond donors (Lipinski definition) is 1. The molecule has 1 aromatic heterocycles. The molecule has 0 spiro atoms. The van der Waals surface area contributed by atoms with Gasteiger partial charge in [-0.3, -0.25) is 4.79 Å². The average Bonchev–Trinajstić information content (AvgIpc) is 2.27. The number of carbonyl (C=O) groups is 1. The zero-order valence-corrected chi connectivity index (χ0v) is 10.5. The van der Waals surface area contributed by atoms with Crippen LogP contribution in [-0.2, 0) is 4.79 Å². The number of carboxylic acids is 1. The SMILES string of the molecule is C=CCN(CC(=O)O)c1nccc(OC(C)C)n1. The van der Waals surface area contributed by atoms with Gasteiger partial charge in [-0.05, 0) is 13.8 Å². The lowest BCUT2D eigenvalue weighted by Crippen LogP contribution is -2.31. The van der Waals surface area contributed by atoms with Crippen LogP contribution in [0.1, 0.15) is 13.8 Å². The van der Waals surface area contributed by atoms with E-state index < -0.39 is 5.97 Å². The van der Waals surface area contributed by atoms with Crippen molar-refractivity contribution in [2.75, 3.05) is 18.0 Å². The lowest BCUT2D eigenvalue weighted by Gasteiger charge is -2.19. The monoisotopic (exact) mass is 251 g/mol. The Hall–Kier alpha value is -2.11. The smallest absolute Gasteiger partial charge is 0.323 e. The molecule has 0 aliphatic rings. The van der Waals surface area contributed by atoms with Crippen LogP contribution in [0.3, 0.4) is 0 Å². The van der Waals surface area contributed by atoms with Crippen LogP contribution in [0, 0.1) is 0 Å². The number of rotatable bonds is 7. The molecule has 1 heterocycles. The Kier molecular flexibility index (Phi) is 5.10. The lowest BCUT2D eigenvalue weighted by molar-refractivity contribution is -0.135. The van der Waals surface area contributed by atoms with Crippen LogP contribution in [0.5, 0.6) is 5.88 Å². The van der Waals surface area contributed by atoms with Gasteiger partial charge in [-0.1, -0.05) is 6.08 Å². The molecule has 1 rings (SSSR count). The Labute approximate surface area is 106 Å². The van der Waals surface area contributed by atoms with E-state index in [1.165, 1.54) is 11.1 Å². The summed E-state index contributed by atoms with van der Waals surface area (Å²) in [5.41, 5.74) is 0. The van der Waals surface area contributed by atoms with E-state index in [2.05, 4.69) is 16.5 Å². The maximum atomic E-state index is 10.8. The van der Waals surface area contributed by atoms with Crippen molar-refractivity contribution >= 4 is 11.9 Å². The summed E-state index contributed by atoms with van der Waals surface area (Å²) in [7, 11) is 0. The van der Waals surface area contributed by atoms with Crippen LogP contribution in [-0.4, -0.2) is 40.2 Å². The third kappa shape index (κ3) is 4.40. The highest BCUT2D eigenvalue weighted by atomic mass is 16.5. The minimum absolute atomic E-state index is 0.0000723. The topological polar surface area (TPSA) is 75.6 Å². The van der Waals surface area contributed by atoms with Gasteiger partial charge in [0.25, 0.3) is 0 Å². The lowest BCUT2D eigenvalue weighted by atomic mass is 10.4. The maximum Gasteiger partial charge on any atom is 0.323 e. The summed E-state index contributed by atoms with van der Waals surface area (Å²) in [5.74, 6) is -0.208. The summed E-state index contributed by atoms with van der Waals surface area (Å²) in [4.78, 5) is 20.5. The minimum atomic E-state index is -0.948. The number of aliphatic carboxylic acids is 1. The molecule has 0 amide bonds. The van der Waals surface area contributed by atoms with Gasteiger partial charge < -0.3 is 14.7 Å². The molecule has 6 heteroatoms. The second-order valence-electron chi connectivity index (χ2n) is 3.92. The van der Waals surface area contributed by atoms with Crippen LogP contribution in [0.2, 0.25) is 0 Å². The second kappa shape index (κ2) is 6.58. The number of hydrogen-bond acceptors (Lipinski definition) is 5. The number of ether oxygens (including phenoxy) is 1. The molecule has 98 valence electrons. The first-order chi connectivity index (χ1) is 8.52. The third-order valence-electron chi connectivity index (χ3n) is 1.93. The van der Waals surface area contributed by atoms with Gasteiger partial charge in [0.1, 0.15) is 6.54 Å². The van der Waals surface area contributed by atoms with Gasteiger partial charge in [-0.25, -0.2) is 4.98 Å². The minimum Gasteiger partial charge on any atom is -0.480 e. The molecular weight excluding hydrogens is 234 g/mol. The normalized spacial score (nSPS) is 10.2. The molecule has 0 fully saturated rings. The van der Waals surface area contributed by atoms with E-state index in [9.17, 15) is 4.79 Å². The summed E-state index contributed by atoms with van der Waals surface area (Å²) < 4.78 is 5.44. The van der Waals surface area contributed by atoms with Crippen molar-refractivity contribution in [3.05, 3.63) is 24.9 Å². The van der Waals surface area contributed by atoms with Crippen LogP contribution in [0.4, 0.5) is 5.95 Å². The third-order valence-corrected chi connectivity index (χ3v) is 1.93. The summed E-state index contributed by atoms with van der Waals surface area (Å²) >= 11 is 0. The molecule has 0 radical (unpaired) electrons. The molecule has 0 atom stereocenters. The molecule has 0 saturated carbocycles. The van der Waals surface area contributed by atoms with Crippen molar-refractivity contribution in [1.29, 1.82) is 0 Å². The largest absolute Gasteiger partial charge is 0.480 e. The molecule has 1 aromatic rings. The average molecular weight is 251 g/mol.